The average Bonchev–Trinajstić information content (AvgIpc) is 2.88. The first-order valence-corrected chi connectivity index (χ1v) is 13.5. The van der Waals surface area contributed by atoms with Gasteiger partial charge in [-0.25, -0.2) is 9.97 Å². The predicted octanol–water partition coefficient (Wildman–Crippen LogP) is 3.87. The predicted molar refractivity (Wildman–Crippen MR) is 143 cm³/mol. The lowest BCUT2D eigenvalue weighted by Gasteiger charge is -2.34. The number of carbonyl (C=O) groups excluding carboxylic acids is 1. The molecule has 8 nitrogen and oxygen atoms in total. The van der Waals surface area contributed by atoms with Crippen LogP contribution in [0.3, 0.4) is 0 Å². The van der Waals surface area contributed by atoms with Gasteiger partial charge in [0.2, 0.25) is 11.8 Å². The summed E-state index contributed by atoms with van der Waals surface area (Å²) in [5.74, 6) is 2.06. The van der Waals surface area contributed by atoms with E-state index >= 15 is 0 Å². The topological polar surface area (TPSA) is 99.6 Å². The molecule has 190 valence electrons. The lowest BCUT2D eigenvalue weighted by atomic mass is 9.96. The largest absolute Gasteiger partial charge is 0.481 e. The standard InChI is InChI=1S/C26H30ClN5O3S/c1-35-23-9-5-17-4-7-19(27)24(25(17)31-23)20(33)14-32-10-2-3-16(13-32)11-28-12-18-6-8-21-26(29-18)30-22(34)15-36-21/h4-9,16,20,28,33H,2-3,10-15H2,1H3,(H,29,30,34). The summed E-state index contributed by atoms with van der Waals surface area (Å²) in [6, 6.07) is 11.5. The number of ether oxygens (including phenoxy) is 1. The number of carbonyl (C=O) groups is 1. The Morgan fingerprint density at radius 3 is 3.00 bits per heavy atom. The Morgan fingerprint density at radius 2 is 2.14 bits per heavy atom. The number of benzene rings is 1. The van der Waals surface area contributed by atoms with Crippen LogP contribution in [0.5, 0.6) is 5.88 Å². The highest BCUT2D eigenvalue weighted by Gasteiger charge is 2.25. The van der Waals surface area contributed by atoms with Crippen LogP contribution in [0, 0.1) is 5.92 Å². The number of pyridine rings is 2. The molecule has 0 saturated carbocycles. The number of hydrogen-bond donors (Lipinski definition) is 3. The normalized spacial score (nSPS) is 19.1. The minimum absolute atomic E-state index is 0.00528. The van der Waals surface area contributed by atoms with Gasteiger partial charge in [0.25, 0.3) is 0 Å². The van der Waals surface area contributed by atoms with Gasteiger partial charge in [-0.2, -0.15) is 0 Å². The van der Waals surface area contributed by atoms with E-state index in [0.29, 0.717) is 52.6 Å². The number of piperidine rings is 1. The molecule has 2 unspecified atom stereocenters. The molecule has 4 heterocycles. The monoisotopic (exact) mass is 527 g/mol. The third-order valence-electron chi connectivity index (χ3n) is 6.67. The third-order valence-corrected chi connectivity index (χ3v) is 8.05. The van der Waals surface area contributed by atoms with Gasteiger partial charge in [0.05, 0.1) is 35.1 Å². The molecule has 1 fully saturated rings. The second kappa shape index (κ2) is 11.3. The van der Waals surface area contributed by atoms with Gasteiger partial charge in [-0.05, 0) is 56.1 Å². The second-order valence-corrected chi connectivity index (χ2v) is 10.7. The second-order valence-electron chi connectivity index (χ2n) is 9.29. The van der Waals surface area contributed by atoms with Crippen molar-refractivity contribution in [2.24, 2.45) is 5.92 Å². The molecule has 0 aliphatic carbocycles. The van der Waals surface area contributed by atoms with Crippen LogP contribution in [0.15, 0.2) is 41.3 Å². The number of aliphatic hydroxyl groups excluding tert-OH is 1. The number of nitrogens with one attached hydrogen (secondary N) is 2. The van der Waals surface area contributed by atoms with Gasteiger partial charge < -0.3 is 25.4 Å². The zero-order valence-electron chi connectivity index (χ0n) is 20.2. The van der Waals surface area contributed by atoms with E-state index in [0.717, 1.165) is 48.5 Å². The van der Waals surface area contributed by atoms with E-state index in [-0.39, 0.29) is 5.91 Å². The number of fused-ring (bicyclic) bond motifs is 2. The zero-order chi connectivity index (χ0) is 25.1. The molecule has 10 heteroatoms. The van der Waals surface area contributed by atoms with Gasteiger partial charge in [0, 0.05) is 41.7 Å². The van der Waals surface area contributed by atoms with Crippen molar-refractivity contribution < 1.29 is 14.6 Å². The highest BCUT2D eigenvalue weighted by molar-refractivity contribution is 8.00. The number of β-amino-alcohol motifs (C(OH)–C–C–N with tert-alkyl or cyclic N) is 1. The molecule has 0 bridgehead atoms. The fourth-order valence-corrected chi connectivity index (χ4v) is 5.96. The maximum atomic E-state index is 11.6. The molecule has 1 saturated heterocycles. The van der Waals surface area contributed by atoms with Crippen molar-refractivity contribution in [3.05, 3.63) is 52.7 Å². The Balaban J connectivity index is 1.18. The maximum absolute atomic E-state index is 11.6. The van der Waals surface area contributed by atoms with Crippen molar-refractivity contribution >= 4 is 46.0 Å². The molecule has 1 aromatic carbocycles. The Morgan fingerprint density at radius 1 is 1.28 bits per heavy atom. The van der Waals surface area contributed by atoms with Gasteiger partial charge in [-0.1, -0.05) is 17.7 Å². The van der Waals surface area contributed by atoms with Gasteiger partial charge in [-0.3, -0.25) is 4.79 Å². The average molecular weight is 528 g/mol. The summed E-state index contributed by atoms with van der Waals surface area (Å²) < 4.78 is 5.29. The molecule has 2 aliphatic heterocycles. The fraction of sp³-hybridized carbons (Fsp3) is 0.423. The SMILES string of the molecule is COc1ccc2ccc(Cl)c(C(O)CN3CCCC(CNCc4ccc5c(n4)NC(=O)CS5)C3)c2n1. The molecule has 2 aliphatic rings. The highest BCUT2D eigenvalue weighted by Crippen LogP contribution is 2.33. The van der Waals surface area contributed by atoms with Gasteiger partial charge in [-0.15, -0.1) is 11.8 Å². The summed E-state index contributed by atoms with van der Waals surface area (Å²) in [6.07, 6.45) is 1.46. The quantitative estimate of drug-likeness (QED) is 0.406. The minimum atomic E-state index is -0.750. The number of rotatable bonds is 8. The van der Waals surface area contributed by atoms with Crippen LogP contribution in [0.25, 0.3) is 10.9 Å². The summed E-state index contributed by atoms with van der Waals surface area (Å²) in [6.45, 7) is 3.84. The smallest absolute Gasteiger partial charge is 0.235 e. The molecule has 5 rings (SSSR count). The van der Waals surface area contributed by atoms with E-state index in [1.54, 1.807) is 7.11 Å². The van der Waals surface area contributed by atoms with E-state index in [1.165, 1.54) is 11.8 Å². The first kappa shape index (κ1) is 25.2. The van der Waals surface area contributed by atoms with Crippen molar-refractivity contribution in [1.29, 1.82) is 0 Å². The summed E-state index contributed by atoms with van der Waals surface area (Å²) in [4.78, 5) is 24.1. The molecular formula is C26H30ClN5O3S. The number of halogens is 1. The van der Waals surface area contributed by atoms with Crippen molar-refractivity contribution in [1.82, 2.24) is 20.2 Å². The van der Waals surface area contributed by atoms with Crippen molar-refractivity contribution in [3.63, 3.8) is 0 Å². The number of likely N-dealkylation sites (tertiary alicyclic amines) is 1. The van der Waals surface area contributed by atoms with Crippen LogP contribution in [-0.4, -0.2) is 64.9 Å². The Labute approximate surface area is 219 Å². The summed E-state index contributed by atoms with van der Waals surface area (Å²) in [7, 11) is 1.58. The highest BCUT2D eigenvalue weighted by atomic mass is 35.5. The van der Waals surface area contributed by atoms with Gasteiger partial charge >= 0.3 is 0 Å². The first-order chi connectivity index (χ1) is 17.5. The molecule has 3 N–H and O–H groups in total. The lowest BCUT2D eigenvalue weighted by molar-refractivity contribution is -0.113. The van der Waals surface area contributed by atoms with E-state index in [4.69, 9.17) is 16.3 Å². The summed E-state index contributed by atoms with van der Waals surface area (Å²) in [5, 5.41) is 19.0. The number of aromatic nitrogens is 2. The number of anilines is 1. The van der Waals surface area contributed by atoms with Crippen molar-refractivity contribution in [2.45, 2.75) is 30.4 Å². The van der Waals surface area contributed by atoms with Gasteiger partial charge in [0.1, 0.15) is 5.82 Å². The van der Waals surface area contributed by atoms with E-state index in [1.807, 2.05) is 36.4 Å². The zero-order valence-corrected chi connectivity index (χ0v) is 21.7. The molecule has 1 amide bonds. The van der Waals surface area contributed by atoms with Crippen molar-refractivity contribution in [3.8, 4) is 5.88 Å². The van der Waals surface area contributed by atoms with Gasteiger partial charge in [0.15, 0.2) is 0 Å². The Kier molecular flexibility index (Phi) is 7.93. The molecule has 3 aromatic rings. The molecular weight excluding hydrogens is 498 g/mol. The van der Waals surface area contributed by atoms with Crippen LogP contribution in [0.1, 0.15) is 30.2 Å². The van der Waals surface area contributed by atoms with E-state index in [9.17, 15) is 9.90 Å². The summed E-state index contributed by atoms with van der Waals surface area (Å²) >= 11 is 8.04. The minimum Gasteiger partial charge on any atom is -0.481 e. The number of nitrogens with zero attached hydrogens (tertiary/aromatic N) is 3. The first-order valence-electron chi connectivity index (χ1n) is 12.2. The fourth-order valence-electron chi connectivity index (χ4n) is 4.93. The Hall–Kier alpha value is -2.43. The molecule has 0 radical (unpaired) electrons. The number of amides is 1. The van der Waals surface area contributed by atoms with Crippen LogP contribution < -0.4 is 15.4 Å². The van der Waals surface area contributed by atoms with Crippen LogP contribution >= 0.6 is 23.4 Å². The van der Waals surface area contributed by atoms with Crippen LogP contribution in [-0.2, 0) is 11.3 Å². The molecule has 36 heavy (non-hydrogen) atoms. The molecule has 0 spiro atoms. The maximum Gasteiger partial charge on any atom is 0.235 e. The third kappa shape index (κ3) is 5.76. The van der Waals surface area contributed by atoms with E-state index < -0.39 is 6.10 Å². The van der Waals surface area contributed by atoms with Crippen LogP contribution in [0.2, 0.25) is 5.02 Å². The van der Waals surface area contributed by atoms with Crippen molar-refractivity contribution in [2.75, 3.05) is 44.4 Å². The number of hydrogen-bond acceptors (Lipinski definition) is 8. The van der Waals surface area contributed by atoms with E-state index in [2.05, 4.69) is 25.5 Å². The lowest BCUT2D eigenvalue weighted by Crippen LogP contribution is -2.41. The number of methoxy groups -OCH3 is 1. The molecule has 2 atom stereocenters. The number of thioether (sulfide) groups is 1. The summed E-state index contributed by atoms with van der Waals surface area (Å²) in [5.41, 5.74) is 2.24. The van der Waals surface area contributed by atoms with Crippen LogP contribution in [0.4, 0.5) is 5.82 Å². The Bertz CT molecular complexity index is 1260. The molecule has 2 aromatic heterocycles. The number of aliphatic hydroxyl groups is 1.